The van der Waals surface area contributed by atoms with Gasteiger partial charge in [0.05, 0.1) is 17.8 Å². The summed E-state index contributed by atoms with van der Waals surface area (Å²) in [6.45, 7) is 1.85. The summed E-state index contributed by atoms with van der Waals surface area (Å²) in [7, 11) is 0. The van der Waals surface area contributed by atoms with Crippen LogP contribution in [0.4, 0.5) is 0 Å². The second kappa shape index (κ2) is 5.87. The Labute approximate surface area is 129 Å². The number of imidazole rings is 1. The second-order valence-corrected chi connectivity index (χ2v) is 6.85. The molecule has 1 N–H and O–H groups in total. The predicted octanol–water partition coefficient (Wildman–Crippen LogP) is 3.02. The van der Waals surface area contributed by atoms with E-state index in [2.05, 4.69) is 9.97 Å². The van der Waals surface area contributed by atoms with Crippen molar-refractivity contribution in [2.24, 2.45) is 0 Å². The van der Waals surface area contributed by atoms with Crippen molar-refractivity contribution in [2.45, 2.75) is 23.4 Å². The number of carbonyl (C=O) groups is 1. The molecule has 21 heavy (non-hydrogen) atoms. The molecule has 0 amide bonds. The number of pyridine rings is 1. The Balaban J connectivity index is 1.71. The maximum Gasteiger partial charge on any atom is 0.308 e. The maximum absolute atomic E-state index is 10.8. The summed E-state index contributed by atoms with van der Waals surface area (Å²) in [5, 5.41) is 8.85. The summed E-state index contributed by atoms with van der Waals surface area (Å²) in [6.07, 6.45) is 4.01. The third-order valence-electron chi connectivity index (χ3n) is 2.94. The molecule has 0 radical (unpaired) electrons. The minimum Gasteiger partial charge on any atom is -0.481 e. The van der Waals surface area contributed by atoms with Crippen molar-refractivity contribution in [3.8, 4) is 0 Å². The summed E-state index contributed by atoms with van der Waals surface area (Å²) in [5.74, 6) is -0.0973. The van der Waals surface area contributed by atoms with Crippen LogP contribution in [-0.2, 0) is 17.0 Å². The van der Waals surface area contributed by atoms with Gasteiger partial charge in [-0.2, -0.15) is 0 Å². The number of fused-ring (bicyclic) bond motifs is 1. The van der Waals surface area contributed by atoms with Crippen molar-refractivity contribution in [3.05, 3.63) is 46.9 Å². The number of carboxylic acids is 1. The molecule has 0 aliphatic rings. The lowest BCUT2D eigenvalue weighted by Gasteiger charge is -1.92. The molecule has 3 rings (SSSR count). The SMILES string of the molecule is Cc1nc(SCc2cn3ccccc3n2)sc1CC(=O)O. The van der Waals surface area contributed by atoms with Gasteiger partial charge in [-0.3, -0.25) is 4.79 Å². The first-order chi connectivity index (χ1) is 10.1. The zero-order valence-electron chi connectivity index (χ0n) is 11.3. The smallest absolute Gasteiger partial charge is 0.308 e. The van der Waals surface area contributed by atoms with Gasteiger partial charge in [-0.1, -0.05) is 17.8 Å². The second-order valence-electron chi connectivity index (χ2n) is 4.55. The fourth-order valence-electron chi connectivity index (χ4n) is 1.96. The first-order valence-electron chi connectivity index (χ1n) is 6.35. The van der Waals surface area contributed by atoms with E-state index in [1.54, 1.807) is 11.8 Å². The number of aromatic nitrogens is 3. The summed E-state index contributed by atoms with van der Waals surface area (Å²) in [6, 6.07) is 5.89. The molecule has 3 aromatic rings. The highest BCUT2D eigenvalue weighted by Crippen LogP contribution is 2.29. The lowest BCUT2D eigenvalue weighted by molar-refractivity contribution is -0.136. The normalized spacial score (nSPS) is 11.1. The van der Waals surface area contributed by atoms with Crippen molar-refractivity contribution < 1.29 is 9.90 Å². The monoisotopic (exact) mass is 319 g/mol. The third kappa shape index (κ3) is 3.25. The summed E-state index contributed by atoms with van der Waals surface area (Å²) < 4.78 is 2.87. The van der Waals surface area contributed by atoms with Crippen LogP contribution < -0.4 is 0 Å². The molecule has 5 nitrogen and oxygen atoms in total. The Hall–Kier alpha value is -1.86. The Morgan fingerprint density at radius 2 is 2.29 bits per heavy atom. The zero-order valence-corrected chi connectivity index (χ0v) is 12.9. The molecule has 0 aliphatic carbocycles. The van der Waals surface area contributed by atoms with Crippen LogP contribution in [0.25, 0.3) is 5.65 Å². The standard InChI is InChI=1S/C14H13N3O2S2/c1-9-11(6-13(18)19)21-14(15-9)20-8-10-7-17-5-3-2-4-12(17)16-10/h2-5,7H,6,8H2,1H3,(H,18,19). The van der Waals surface area contributed by atoms with Crippen molar-refractivity contribution in [1.29, 1.82) is 0 Å². The number of rotatable bonds is 5. The van der Waals surface area contributed by atoms with Gasteiger partial charge >= 0.3 is 5.97 Å². The number of aryl methyl sites for hydroxylation is 1. The van der Waals surface area contributed by atoms with E-state index >= 15 is 0 Å². The molecule has 108 valence electrons. The highest BCUT2D eigenvalue weighted by atomic mass is 32.2. The van der Waals surface area contributed by atoms with E-state index in [-0.39, 0.29) is 6.42 Å². The Morgan fingerprint density at radius 1 is 1.43 bits per heavy atom. The molecule has 0 saturated heterocycles. The van der Waals surface area contributed by atoms with E-state index in [9.17, 15) is 4.79 Å². The van der Waals surface area contributed by atoms with Crippen molar-refractivity contribution in [3.63, 3.8) is 0 Å². The Morgan fingerprint density at radius 3 is 3.05 bits per heavy atom. The Kier molecular flexibility index (Phi) is 3.94. The molecular formula is C14H13N3O2S2. The van der Waals surface area contributed by atoms with Gasteiger partial charge in [0.25, 0.3) is 0 Å². The highest BCUT2D eigenvalue weighted by molar-refractivity contribution is 8.00. The van der Waals surface area contributed by atoms with Crippen LogP contribution in [0.3, 0.4) is 0 Å². The van der Waals surface area contributed by atoms with E-state index in [1.807, 2.05) is 41.9 Å². The van der Waals surface area contributed by atoms with Crippen LogP contribution in [0.15, 0.2) is 34.9 Å². The molecular weight excluding hydrogens is 306 g/mol. The topological polar surface area (TPSA) is 67.5 Å². The van der Waals surface area contributed by atoms with E-state index in [1.165, 1.54) is 11.3 Å². The number of carboxylic acid groups (broad SMARTS) is 1. The van der Waals surface area contributed by atoms with E-state index in [0.717, 1.165) is 32.0 Å². The average molecular weight is 319 g/mol. The fraction of sp³-hybridized carbons (Fsp3) is 0.214. The van der Waals surface area contributed by atoms with Crippen LogP contribution >= 0.6 is 23.1 Å². The predicted molar refractivity (Wildman–Crippen MR) is 82.9 cm³/mol. The van der Waals surface area contributed by atoms with Crippen LogP contribution in [0, 0.1) is 6.92 Å². The van der Waals surface area contributed by atoms with Gasteiger partial charge in [-0.25, -0.2) is 9.97 Å². The molecule has 0 atom stereocenters. The van der Waals surface area contributed by atoms with Crippen LogP contribution in [0.5, 0.6) is 0 Å². The molecule has 0 fully saturated rings. The average Bonchev–Trinajstić information content (AvgIpc) is 2.99. The molecule has 3 heterocycles. The first-order valence-corrected chi connectivity index (χ1v) is 8.15. The van der Waals surface area contributed by atoms with Crippen molar-refractivity contribution >= 4 is 34.7 Å². The lowest BCUT2D eigenvalue weighted by Crippen LogP contribution is -1.99. The molecule has 0 saturated carbocycles. The number of aliphatic carboxylic acids is 1. The molecule has 7 heteroatoms. The van der Waals surface area contributed by atoms with Gasteiger partial charge in [0.2, 0.25) is 0 Å². The number of hydrogen-bond acceptors (Lipinski definition) is 5. The van der Waals surface area contributed by atoms with Gasteiger partial charge < -0.3 is 9.51 Å². The summed E-state index contributed by atoms with van der Waals surface area (Å²) in [5.41, 5.74) is 2.72. The van der Waals surface area contributed by atoms with Crippen LogP contribution in [0.1, 0.15) is 16.3 Å². The van der Waals surface area contributed by atoms with Gasteiger partial charge in [0.1, 0.15) is 5.65 Å². The quantitative estimate of drug-likeness (QED) is 0.732. The number of nitrogens with zero attached hydrogens (tertiary/aromatic N) is 3. The molecule has 0 aliphatic heterocycles. The summed E-state index contributed by atoms with van der Waals surface area (Å²) in [4.78, 5) is 20.5. The zero-order chi connectivity index (χ0) is 14.8. The third-order valence-corrected chi connectivity index (χ3v) is 5.28. The van der Waals surface area contributed by atoms with Gasteiger partial charge in [-0.15, -0.1) is 11.3 Å². The number of hydrogen-bond donors (Lipinski definition) is 1. The van der Waals surface area contributed by atoms with Gasteiger partial charge in [0, 0.05) is 23.0 Å². The van der Waals surface area contributed by atoms with Crippen LogP contribution in [-0.4, -0.2) is 25.4 Å². The first kappa shape index (κ1) is 14.1. The minimum atomic E-state index is -0.821. The van der Waals surface area contributed by atoms with E-state index in [4.69, 9.17) is 5.11 Å². The van der Waals surface area contributed by atoms with Crippen molar-refractivity contribution in [1.82, 2.24) is 14.4 Å². The fourth-order valence-corrected chi connectivity index (χ4v) is 4.07. The van der Waals surface area contributed by atoms with E-state index < -0.39 is 5.97 Å². The minimum absolute atomic E-state index is 0.0401. The molecule has 0 spiro atoms. The number of thioether (sulfide) groups is 1. The number of thiazole rings is 1. The molecule has 3 aromatic heterocycles. The van der Waals surface area contributed by atoms with Crippen LogP contribution in [0.2, 0.25) is 0 Å². The van der Waals surface area contributed by atoms with Gasteiger partial charge in [0.15, 0.2) is 4.34 Å². The van der Waals surface area contributed by atoms with Crippen molar-refractivity contribution in [2.75, 3.05) is 0 Å². The molecule has 0 unspecified atom stereocenters. The maximum atomic E-state index is 10.8. The molecule has 0 bridgehead atoms. The van der Waals surface area contributed by atoms with E-state index in [0.29, 0.717) is 0 Å². The summed E-state index contributed by atoms with van der Waals surface area (Å²) >= 11 is 3.04. The largest absolute Gasteiger partial charge is 0.481 e. The molecule has 0 aromatic carbocycles. The van der Waals surface area contributed by atoms with Gasteiger partial charge in [-0.05, 0) is 19.1 Å². The highest BCUT2D eigenvalue weighted by Gasteiger charge is 2.12. The lowest BCUT2D eigenvalue weighted by atomic mass is 10.3. The Bertz CT molecular complexity index is 761.